The molecule has 1 saturated carbocycles. The minimum atomic E-state index is -0.887. The third-order valence-electron chi connectivity index (χ3n) is 3.57. The molecule has 6 nitrogen and oxygen atoms in total. The lowest BCUT2D eigenvalue weighted by Gasteiger charge is -2.14. The summed E-state index contributed by atoms with van der Waals surface area (Å²) >= 11 is 0. The zero-order valence-corrected chi connectivity index (χ0v) is 11.0. The molecule has 0 spiro atoms. The summed E-state index contributed by atoms with van der Waals surface area (Å²) in [6.07, 6.45) is 1.19. The van der Waals surface area contributed by atoms with Gasteiger partial charge < -0.3 is 14.9 Å². The lowest BCUT2D eigenvalue weighted by atomic mass is 9.95. The number of carbonyl (C=O) groups excluding carboxylic acids is 1. The predicted octanol–water partition coefficient (Wildman–Crippen LogP) is 1.35. The minimum absolute atomic E-state index is 0.211. The molecule has 1 heterocycles. The van der Waals surface area contributed by atoms with Crippen LogP contribution in [0.2, 0.25) is 0 Å². The molecule has 1 aliphatic rings. The molecular weight excluding hydrogens is 248 g/mol. The van der Waals surface area contributed by atoms with Gasteiger partial charge in [0.05, 0.1) is 18.4 Å². The number of hydrogen-bond acceptors (Lipinski definition) is 4. The van der Waals surface area contributed by atoms with E-state index in [0.717, 1.165) is 0 Å². The van der Waals surface area contributed by atoms with Gasteiger partial charge in [0.1, 0.15) is 11.5 Å². The van der Waals surface area contributed by atoms with Crippen LogP contribution in [0.3, 0.4) is 0 Å². The van der Waals surface area contributed by atoms with Crippen LogP contribution in [0.25, 0.3) is 0 Å². The highest BCUT2D eigenvalue weighted by atomic mass is 16.5. The fraction of sp³-hybridized carbons (Fsp3) is 0.615. The van der Waals surface area contributed by atoms with Crippen molar-refractivity contribution >= 4 is 11.9 Å². The molecule has 1 aliphatic carbocycles. The van der Waals surface area contributed by atoms with E-state index in [4.69, 9.17) is 9.63 Å². The second kappa shape index (κ2) is 5.42. The molecule has 3 unspecified atom stereocenters. The van der Waals surface area contributed by atoms with E-state index in [0.29, 0.717) is 24.3 Å². The molecule has 1 amide bonds. The summed E-state index contributed by atoms with van der Waals surface area (Å²) in [5.74, 6) is -1.16. The summed E-state index contributed by atoms with van der Waals surface area (Å²) in [4.78, 5) is 23.2. The first-order chi connectivity index (χ1) is 8.97. The zero-order chi connectivity index (χ0) is 14.0. The number of aliphatic carboxylic acids is 1. The molecule has 6 heteroatoms. The molecule has 0 aromatic carbocycles. The first-order valence-corrected chi connectivity index (χ1v) is 6.40. The van der Waals surface area contributed by atoms with Gasteiger partial charge >= 0.3 is 5.97 Å². The van der Waals surface area contributed by atoms with Crippen molar-refractivity contribution in [3.05, 3.63) is 17.5 Å². The number of rotatable bonds is 4. The summed E-state index contributed by atoms with van der Waals surface area (Å²) in [6, 6.07) is 1.74. The van der Waals surface area contributed by atoms with Crippen LogP contribution in [0.5, 0.6) is 0 Å². The highest BCUT2D eigenvalue weighted by molar-refractivity contribution is 5.85. The third-order valence-corrected chi connectivity index (χ3v) is 3.57. The van der Waals surface area contributed by atoms with Crippen LogP contribution >= 0.6 is 0 Å². The molecular formula is C13H18N2O4. The maximum atomic E-state index is 12.1. The summed E-state index contributed by atoms with van der Waals surface area (Å²) in [6.45, 7) is 4.02. The van der Waals surface area contributed by atoms with Crippen LogP contribution < -0.4 is 5.32 Å². The van der Waals surface area contributed by atoms with Crippen molar-refractivity contribution < 1.29 is 19.2 Å². The molecule has 1 fully saturated rings. The minimum Gasteiger partial charge on any atom is -0.481 e. The second-order valence-corrected chi connectivity index (χ2v) is 5.27. The van der Waals surface area contributed by atoms with E-state index in [1.807, 2.05) is 6.92 Å². The topological polar surface area (TPSA) is 92.4 Å². The first kappa shape index (κ1) is 13.6. The van der Waals surface area contributed by atoms with Crippen molar-refractivity contribution in [3.8, 4) is 0 Å². The van der Waals surface area contributed by atoms with Gasteiger partial charge in [-0.25, -0.2) is 0 Å². The van der Waals surface area contributed by atoms with Crippen molar-refractivity contribution in [2.24, 2.45) is 17.8 Å². The Morgan fingerprint density at radius 2 is 2.16 bits per heavy atom. The van der Waals surface area contributed by atoms with Gasteiger partial charge in [-0.2, -0.15) is 0 Å². The monoisotopic (exact) mass is 266 g/mol. The van der Waals surface area contributed by atoms with Crippen LogP contribution in [0.15, 0.2) is 10.6 Å². The lowest BCUT2D eigenvalue weighted by molar-refractivity contribution is -0.146. The number of carbonyl (C=O) groups is 2. The number of nitrogens with zero attached hydrogens (tertiary/aromatic N) is 1. The first-order valence-electron chi connectivity index (χ1n) is 6.40. The van der Waals surface area contributed by atoms with Gasteiger partial charge in [0, 0.05) is 6.07 Å². The number of nitrogens with one attached hydrogen (secondary N) is 1. The molecule has 0 saturated heterocycles. The van der Waals surface area contributed by atoms with Crippen molar-refractivity contribution in [2.75, 3.05) is 0 Å². The Balaban J connectivity index is 1.93. The SMILES string of the molecule is Cc1cc(CNC(=O)C2CC(C)CC2C(=O)O)no1. The van der Waals surface area contributed by atoms with E-state index in [2.05, 4.69) is 10.5 Å². The van der Waals surface area contributed by atoms with Gasteiger partial charge in [0.2, 0.25) is 5.91 Å². The van der Waals surface area contributed by atoms with E-state index in [9.17, 15) is 9.59 Å². The maximum Gasteiger partial charge on any atom is 0.307 e. The number of carboxylic acids is 1. The molecule has 2 rings (SSSR count). The van der Waals surface area contributed by atoms with Gasteiger partial charge in [-0.3, -0.25) is 9.59 Å². The summed E-state index contributed by atoms with van der Waals surface area (Å²) < 4.78 is 4.90. The van der Waals surface area contributed by atoms with Crippen molar-refractivity contribution in [1.29, 1.82) is 0 Å². The lowest BCUT2D eigenvalue weighted by Crippen LogP contribution is -2.35. The summed E-state index contributed by atoms with van der Waals surface area (Å²) in [7, 11) is 0. The Morgan fingerprint density at radius 3 is 2.74 bits per heavy atom. The normalized spacial score (nSPS) is 26.3. The molecule has 0 radical (unpaired) electrons. The summed E-state index contributed by atoms with van der Waals surface area (Å²) in [5, 5.41) is 15.6. The average molecular weight is 266 g/mol. The van der Waals surface area contributed by atoms with E-state index < -0.39 is 17.8 Å². The molecule has 1 aromatic rings. The van der Waals surface area contributed by atoms with E-state index in [1.54, 1.807) is 13.0 Å². The highest BCUT2D eigenvalue weighted by Gasteiger charge is 2.41. The Hall–Kier alpha value is -1.85. The Labute approximate surface area is 111 Å². The van der Waals surface area contributed by atoms with Crippen molar-refractivity contribution in [1.82, 2.24) is 10.5 Å². The van der Waals surface area contributed by atoms with Crippen molar-refractivity contribution in [2.45, 2.75) is 33.2 Å². The van der Waals surface area contributed by atoms with E-state index in [-0.39, 0.29) is 18.4 Å². The molecule has 19 heavy (non-hydrogen) atoms. The molecule has 104 valence electrons. The van der Waals surface area contributed by atoms with Crippen LogP contribution in [-0.4, -0.2) is 22.1 Å². The molecule has 2 N–H and O–H groups in total. The molecule has 0 bridgehead atoms. The van der Waals surface area contributed by atoms with Gasteiger partial charge in [-0.15, -0.1) is 0 Å². The van der Waals surface area contributed by atoms with Crippen LogP contribution in [0.1, 0.15) is 31.2 Å². The molecule has 0 aliphatic heterocycles. The Bertz CT molecular complexity index is 483. The number of amides is 1. The Kier molecular flexibility index (Phi) is 3.87. The fourth-order valence-corrected chi connectivity index (χ4v) is 2.66. The van der Waals surface area contributed by atoms with Gasteiger partial charge in [0.25, 0.3) is 0 Å². The Morgan fingerprint density at radius 1 is 1.47 bits per heavy atom. The van der Waals surface area contributed by atoms with Crippen LogP contribution in [-0.2, 0) is 16.1 Å². The number of aromatic nitrogens is 1. The molecule has 1 aromatic heterocycles. The largest absolute Gasteiger partial charge is 0.481 e. The van der Waals surface area contributed by atoms with Gasteiger partial charge in [-0.05, 0) is 25.7 Å². The smallest absolute Gasteiger partial charge is 0.307 e. The second-order valence-electron chi connectivity index (χ2n) is 5.27. The average Bonchev–Trinajstić information content (AvgIpc) is 2.92. The van der Waals surface area contributed by atoms with Gasteiger partial charge in [-0.1, -0.05) is 12.1 Å². The summed E-state index contributed by atoms with van der Waals surface area (Å²) in [5.41, 5.74) is 0.642. The quantitative estimate of drug-likeness (QED) is 0.858. The predicted molar refractivity (Wildman–Crippen MR) is 66.1 cm³/mol. The highest BCUT2D eigenvalue weighted by Crippen LogP contribution is 2.36. The zero-order valence-electron chi connectivity index (χ0n) is 11.0. The van der Waals surface area contributed by atoms with Crippen LogP contribution in [0, 0.1) is 24.7 Å². The third kappa shape index (κ3) is 3.13. The fourth-order valence-electron chi connectivity index (χ4n) is 2.66. The number of carboxylic acid groups (broad SMARTS) is 1. The van der Waals surface area contributed by atoms with E-state index >= 15 is 0 Å². The maximum absolute atomic E-state index is 12.1. The standard InChI is InChI=1S/C13H18N2O4/c1-7-3-10(11(4-7)13(17)18)12(16)14-6-9-5-8(2)19-15-9/h5,7,10-11H,3-4,6H2,1-2H3,(H,14,16)(H,17,18). The molecule has 3 atom stereocenters. The van der Waals surface area contributed by atoms with Crippen molar-refractivity contribution in [3.63, 3.8) is 0 Å². The number of aryl methyl sites for hydroxylation is 1. The van der Waals surface area contributed by atoms with Gasteiger partial charge in [0.15, 0.2) is 0 Å². The number of hydrogen-bond donors (Lipinski definition) is 2. The van der Waals surface area contributed by atoms with E-state index in [1.165, 1.54) is 0 Å². The van der Waals surface area contributed by atoms with Crippen LogP contribution in [0.4, 0.5) is 0 Å².